The van der Waals surface area contributed by atoms with E-state index in [1.54, 1.807) is 0 Å². The number of anilines is 2. The number of carbonyl (C=O) groups excluding carboxylic acids is 1. The van der Waals surface area contributed by atoms with E-state index in [0.29, 0.717) is 29.4 Å². The Balaban J connectivity index is 1.59. The molecule has 0 aliphatic heterocycles. The number of hydrogen-bond donors (Lipinski definition) is 3. The Kier molecular flexibility index (Phi) is 2.44. The number of ketones is 1. The Morgan fingerprint density at radius 1 is 1.15 bits per heavy atom. The second-order valence-corrected chi connectivity index (χ2v) is 7.30. The van der Waals surface area contributed by atoms with Crippen LogP contribution in [0.4, 0.5) is 11.6 Å². The average molecular weight is 274 g/mol. The van der Waals surface area contributed by atoms with Crippen LogP contribution in [0.5, 0.6) is 0 Å². The molecular weight excluding hydrogens is 252 g/mol. The zero-order valence-corrected chi connectivity index (χ0v) is 11.7. The van der Waals surface area contributed by atoms with Gasteiger partial charge in [0.05, 0.1) is 0 Å². The predicted octanol–water partition coefficient (Wildman–Crippen LogP) is 1.90. The largest absolute Gasteiger partial charge is 0.384 e. The molecule has 0 atom stereocenters. The number of nitrogens with one attached hydrogen (secondary N) is 1. The van der Waals surface area contributed by atoms with E-state index in [1.807, 2.05) is 0 Å². The first-order valence-electron chi connectivity index (χ1n) is 7.67. The molecule has 0 spiro atoms. The van der Waals surface area contributed by atoms with Crippen molar-refractivity contribution in [3.8, 4) is 0 Å². The minimum absolute atomic E-state index is 0.0785. The highest BCUT2D eigenvalue weighted by Crippen LogP contribution is 2.60. The zero-order valence-electron chi connectivity index (χ0n) is 11.7. The lowest BCUT2D eigenvalue weighted by Gasteiger charge is -2.56. The van der Waals surface area contributed by atoms with Crippen LogP contribution in [0, 0.1) is 23.2 Å². The van der Waals surface area contributed by atoms with Crippen LogP contribution in [0.1, 0.15) is 44.1 Å². The topological polar surface area (TPSA) is 97.8 Å². The maximum atomic E-state index is 12.9. The number of Topliss-reactive ketones (excluding diaryl/α,β-unsaturated/α-hetero) is 1. The van der Waals surface area contributed by atoms with E-state index in [1.165, 1.54) is 19.3 Å². The maximum Gasteiger partial charge on any atom is 0.151 e. The van der Waals surface area contributed by atoms with Crippen molar-refractivity contribution in [3.63, 3.8) is 0 Å². The molecule has 5 N–H and O–H groups in total. The van der Waals surface area contributed by atoms with Gasteiger partial charge in [-0.1, -0.05) is 0 Å². The summed E-state index contributed by atoms with van der Waals surface area (Å²) in [5.41, 5.74) is 12.3. The summed E-state index contributed by atoms with van der Waals surface area (Å²) in [6.07, 6.45) is 7.67. The first-order chi connectivity index (χ1) is 9.56. The van der Waals surface area contributed by atoms with Gasteiger partial charge in [-0.05, 0) is 56.3 Å². The number of aromatic nitrogens is 2. The number of rotatable bonds is 3. The number of aromatic amines is 1. The number of nitrogens with zero attached hydrogens (tertiary/aromatic N) is 1. The standard InChI is InChI=1S/C15H22N4O/c16-13-11(14(17)19-18-13)4-12(20)15-5-8-1-9(6-15)3-10(2-8)7-15/h8-10H,1-7H2,(H5,16,17,18,19). The molecule has 5 rings (SSSR count). The van der Waals surface area contributed by atoms with Gasteiger partial charge in [0.1, 0.15) is 11.6 Å². The van der Waals surface area contributed by atoms with Crippen LogP contribution >= 0.6 is 0 Å². The van der Waals surface area contributed by atoms with Crippen molar-refractivity contribution in [1.82, 2.24) is 10.2 Å². The molecule has 4 aliphatic rings. The maximum absolute atomic E-state index is 12.9. The summed E-state index contributed by atoms with van der Waals surface area (Å²) >= 11 is 0. The third-order valence-corrected chi connectivity index (χ3v) is 5.90. The van der Waals surface area contributed by atoms with Gasteiger partial charge in [-0.3, -0.25) is 9.89 Å². The van der Waals surface area contributed by atoms with Crippen molar-refractivity contribution in [2.24, 2.45) is 23.2 Å². The zero-order chi connectivity index (χ0) is 13.9. The van der Waals surface area contributed by atoms with E-state index in [2.05, 4.69) is 10.2 Å². The molecule has 4 bridgehead atoms. The highest BCUT2D eigenvalue weighted by atomic mass is 16.1. The molecule has 4 fully saturated rings. The number of hydrogen-bond acceptors (Lipinski definition) is 4. The van der Waals surface area contributed by atoms with Gasteiger partial charge in [0, 0.05) is 17.4 Å². The number of nitrogen functional groups attached to an aromatic ring is 2. The van der Waals surface area contributed by atoms with Crippen LogP contribution in [0.3, 0.4) is 0 Å². The highest BCUT2D eigenvalue weighted by Gasteiger charge is 2.54. The second kappa shape index (κ2) is 3.99. The molecule has 5 heteroatoms. The Morgan fingerprint density at radius 3 is 2.15 bits per heavy atom. The van der Waals surface area contributed by atoms with Gasteiger partial charge in [0.2, 0.25) is 0 Å². The number of carbonyl (C=O) groups is 1. The smallest absolute Gasteiger partial charge is 0.151 e. The first kappa shape index (κ1) is 12.2. The van der Waals surface area contributed by atoms with E-state index in [-0.39, 0.29) is 5.41 Å². The van der Waals surface area contributed by atoms with Crippen molar-refractivity contribution >= 4 is 17.4 Å². The fourth-order valence-electron chi connectivity index (χ4n) is 5.38. The van der Waals surface area contributed by atoms with E-state index in [4.69, 9.17) is 11.5 Å². The predicted molar refractivity (Wildman–Crippen MR) is 76.7 cm³/mol. The van der Waals surface area contributed by atoms with E-state index in [0.717, 1.165) is 37.0 Å². The summed E-state index contributed by atoms with van der Waals surface area (Å²) in [6, 6.07) is 0. The number of H-pyrrole nitrogens is 1. The van der Waals surface area contributed by atoms with Crippen LogP contribution in [-0.4, -0.2) is 16.0 Å². The van der Waals surface area contributed by atoms with E-state index in [9.17, 15) is 4.79 Å². The first-order valence-corrected chi connectivity index (χ1v) is 7.67. The van der Waals surface area contributed by atoms with Crippen LogP contribution < -0.4 is 11.5 Å². The Labute approximate surface area is 118 Å². The molecule has 0 saturated heterocycles. The Morgan fingerprint density at radius 2 is 1.70 bits per heavy atom. The Bertz CT molecular complexity index is 507. The molecule has 0 aromatic carbocycles. The van der Waals surface area contributed by atoms with Crippen molar-refractivity contribution < 1.29 is 4.79 Å². The molecule has 0 amide bonds. The van der Waals surface area contributed by atoms with E-state index >= 15 is 0 Å². The van der Waals surface area contributed by atoms with Crippen LogP contribution in [0.25, 0.3) is 0 Å². The van der Waals surface area contributed by atoms with E-state index < -0.39 is 0 Å². The molecule has 4 saturated carbocycles. The van der Waals surface area contributed by atoms with Gasteiger partial charge >= 0.3 is 0 Å². The SMILES string of the molecule is Nc1n[nH]c(N)c1CC(=O)C12CC3CC(CC(C3)C1)C2. The minimum atomic E-state index is -0.0785. The summed E-state index contributed by atoms with van der Waals surface area (Å²) < 4.78 is 0. The molecule has 5 nitrogen and oxygen atoms in total. The third-order valence-electron chi connectivity index (χ3n) is 5.90. The average Bonchev–Trinajstić information content (AvgIpc) is 2.69. The van der Waals surface area contributed by atoms with Gasteiger partial charge in [-0.25, -0.2) is 0 Å². The summed E-state index contributed by atoms with van der Waals surface area (Å²) in [5.74, 6) is 3.51. The molecule has 1 heterocycles. The lowest BCUT2D eigenvalue weighted by molar-refractivity contribution is -0.143. The van der Waals surface area contributed by atoms with Crippen molar-refractivity contribution in [3.05, 3.63) is 5.56 Å². The molecule has 0 unspecified atom stereocenters. The molecular formula is C15H22N4O. The molecule has 4 aliphatic carbocycles. The highest BCUT2D eigenvalue weighted by molar-refractivity contribution is 5.89. The van der Waals surface area contributed by atoms with Crippen molar-refractivity contribution in [1.29, 1.82) is 0 Å². The summed E-state index contributed by atoms with van der Waals surface area (Å²) in [7, 11) is 0. The molecule has 1 aromatic rings. The van der Waals surface area contributed by atoms with Crippen LogP contribution in [0.15, 0.2) is 0 Å². The monoisotopic (exact) mass is 274 g/mol. The summed E-state index contributed by atoms with van der Waals surface area (Å²) in [6.45, 7) is 0. The molecule has 1 aromatic heterocycles. The minimum Gasteiger partial charge on any atom is -0.384 e. The summed E-state index contributed by atoms with van der Waals surface area (Å²) in [5, 5.41) is 6.56. The fraction of sp³-hybridized carbons (Fsp3) is 0.733. The van der Waals surface area contributed by atoms with Crippen LogP contribution in [0.2, 0.25) is 0 Å². The van der Waals surface area contributed by atoms with Gasteiger partial charge in [0.25, 0.3) is 0 Å². The van der Waals surface area contributed by atoms with Crippen molar-refractivity contribution in [2.75, 3.05) is 11.5 Å². The van der Waals surface area contributed by atoms with Gasteiger partial charge in [0.15, 0.2) is 5.82 Å². The third kappa shape index (κ3) is 1.68. The van der Waals surface area contributed by atoms with Crippen molar-refractivity contribution in [2.45, 2.75) is 44.9 Å². The van der Waals surface area contributed by atoms with Crippen LogP contribution in [-0.2, 0) is 11.2 Å². The van der Waals surface area contributed by atoms with Gasteiger partial charge in [-0.15, -0.1) is 0 Å². The lowest BCUT2D eigenvalue weighted by atomic mass is 9.48. The fourth-order valence-corrected chi connectivity index (χ4v) is 5.38. The van der Waals surface area contributed by atoms with Gasteiger partial charge < -0.3 is 11.5 Å². The molecule has 0 radical (unpaired) electrons. The Hall–Kier alpha value is -1.52. The normalized spacial score (nSPS) is 38.3. The molecule has 20 heavy (non-hydrogen) atoms. The van der Waals surface area contributed by atoms with Gasteiger partial charge in [-0.2, -0.15) is 5.10 Å². The summed E-state index contributed by atoms with van der Waals surface area (Å²) in [4.78, 5) is 12.9. The quantitative estimate of drug-likeness (QED) is 0.784. The molecule has 108 valence electrons. The number of nitrogens with two attached hydrogens (primary N) is 2. The second-order valence-electron chi connectivity index (χ2n) is 7.30. The lowest BCUT2D eigenvalue weighted by Crippen LogP contribution is -2.50.